The molecule has 0 radical (unpaired) electrons. The van der Waals surface area contributed by atoms with Gasteiger partial charge in [-0.1, -0.05) is 15.9 Å². The Morgan fingerprint density at radius 2 is 2.18 bits per heavy atom. The molecule has 5 heteroatoms. The Balaban J connectivity index is 2.63. The molecule has 0 saturated heterocycles. The summed E-state index contributed by atoms with van der Waals surface area (Å²) in [5, 5.41) is 1.28. The van der Waals surface area contributed by atoms with Crippen molar-refractivity contribution in [1.29, 1.82) is 0 Å². The standard InChI is InChI=1S/C12H9BrO4/c1-7(14)16-9-2-3-11-10(5-9)8(6-13)4-12(15)17-11/h2-5H,6H2,1H3. The molecule has 88 valence electrons. The minimum absolute atomic E-state index is 0.387. The number of alkyl halides is 1. The molecule has 0 N–H and O–H groups in total. The predicted octanol–water partition coefficient (Wildman–Crippen LogP) is 2.61. The number of ether oxygens (including phenoxy) is 1. The average Bonchev–Trinajstić information content (AvgIpc) is 2.27. The number of benzene rings is 1. The van der Waals surface area contributed by atoms with Crippen molar-refractivity contribution in [3.05, 3.63) is 40.2 Å². The minimum atomic E-state index is -0.396. The summed E-state index contributed by atoms with van der Waals surface area (Å²) in [5.74, 6) is 0.0446. The highest BCUT2D eigenvalue weighted by Crippen LogP contribution is 2.24. The minimum Gasteiger partial charge on any atom is -0.427 e. The smallest absolute Gasteiger partial charge is 0.336 e. The summed E-state index contributed by atoms with van der Waals surface area (Å²) in [6, 6.07) is 6.29. The zero-order valence-corrected chi connectivity index (χ0v) is 10.6. The van der Waals surface area contributed by atoms with Crippen molar-refractivity contribution >= 4 is 32.9 Å². The topological polar surface area (TPSA) is 56.5 Å². The Labute approximate surface area is 105 Å². The molecular weight excluding hydrogens is 288 g/mol. The number of hydrogen-bond donors (Lipinski definition) is 0. The summed E-state index contributed by atoms with van der Waals surface area (Å²) in [5.41, 5.74) is 0.875. The molecule has 2 aromatic rings. The molecule has 1 heterocycles. The fraction of sp³-hybridized carbons (Fsp3) is 0.167. The van der Waals surface area contributed by atoms with Crippen molar-refractivity contribution in [2.24, 2.45) is 0 Å². The second kappa shape index (κ2) is 4.71. The van der Waals surface area contributed by atoms with Crippen LogP contribution in [0.2, 0.25) is 0 Å². The van der Waals surface area contributed by atoms with Crippen molar-refractivity contribution < 1.29 is 13.9 Å². The molecule has 17 heavy (non-hydrogen) atoms. The Kier molecular flexibility index (Phi) is 3.28. The van der Waals surface area contributed by atoms with E-state index in [2.05, 4.69) is 15.9 Å². The highest BCUT2D eigenvalue weighted by molar-refractivity contribution is 9.08. The molecule has 0 unspecified atom stereocenters. The Morgan fingerprint density at radius 3 is 2.82 bits per heavy atom. The van der Waals surface area contributed by atoms with Crippen LogP contribution in [0, 0.1) is 0 Å². The van der Waals surface area contributed by atoms with E-state index in [-0.39, 0.29) is 5.97 Å². The van der Waals surface area contributed by atoms with Gasteiger partial charge in [-0.05, 0) is 23.8 Å². The molecule has 1 aromatic heterocycles. The summed E-state index contributed by atoms with van der Waals surface area (Å²) in [7, 11) is 0. The number of hydrogen-bond acceptors (Lipinski definition) is 4. The number of rotatable bonds is 2. The van der Waals surface area contributed by atoms with Crippen LogP contribution in [0.3, 0.4) is 0 Å². The van der Waals surface area contributed by atoms with Crippen molar-refractivity contribution in [3.8, 4) is 5.75 Å². The van der Waals surface area contributed by atoms with E-state index in [1.165, 1.54) is 13.0 Å². The van der Waals surface area contributed by atoms with Crippen LogP contribution in [0.1, 0.15) is 12.5 Å². The second-order valence-electron chi connectivity index (χ2n) is 3.48. The highest BCUT2D eigenvalue weighted by atomic mass is 79.9. The molecule has 0 aliphatic heterocycles. The first-order valence-electron chi connectivity index (χ1n) is 4.91. The van der Waals surface area contributed by atoms with E-state index in [1.807, 2.05) is 0 Å². The van der Waals surface area contributed by atoms with Gasteiger partial charge in [-0.2, -0.15) is 0 Å². The lowest BCUT2D eigenvalue weighted by molar-refractivity contribution is -0.131. The van der Waals surface area contributed by atoms with Crippen LogP contribution in [-0.4, -0.2) is 5.97 Å². The number of esters is 1. The third-order valence-corrected chi connectivity index (χ3v) is 2.81. The second-order valence-corrected chi connectivity index (χ2v) is 4.04. The quantitative estimate of drug-likeness (QED) is 0.370. The normalized spacial score (nSPS) is 10.5. The first-order valence-corrected chi connectivity index (χ1v) is 6.03. The fourth-order valence-electron chi connectivity index (χ4n) is 1.55. The molecule has 4 nitrogen and oxygen atoms in total. The maximum absolute atomic E-state index is 11.3. The molecule has 2 rings (SSSR count). The van der Waals surface area contributed by atoms with Gasteiger partial charge in [-0.15, -0.1) is 0 Å². The molecule has 0 saturated carbocycles. The zero-order chi connectivity index (χ0) is 12.4. The Hall–Kier alpha value is -1.62. The van der Waals surface area contributed by atoms with Crippen LogP contribution >= 0.6 is 15.9 Å². The molecule has 0 aliphatic rings. The summed E-state index contributed by atoms with van der Waals surface area (Å²) in [4.78, 5) is 22.1. The number of halogens is 1. The first kappa shape index (κ1) is 11.9. The molecule has 0 atom stereocenters. The van der Waals surface area contributed by atoms with Crippen molar-refractivity contribution in [2.45, 2.75) is 12.3 Å². The maximum Gasteiger partial charge on any atom is 0.336 e. The Bertz CT molecular complexity index is 630. The third kappa shape index (κ3) is 2.55. The number of carbonyl (C=O) groups excluding carboxylic acids is 1. The van der Waals surface area contributed by atoms with Gasteiger partial charge >= 0.3 is 11.6 Å². The van der Waals surface area contributed by atoms with E-state index in [9.17, 15) is 9.59 Å². The van der Waals surface area contributed by atoms with E-state index in [0.29, 0.717) is 16.7 Å². The monoisotopic (exact) mass is 296 g/mol. The SMILES string of the molecule is CC(=O)Oc1ccc2oc(=O)cc(CBr)c2c1. The van der Waals surface area contributed by atoms with Gasteiger partial charge in [-0.3, -0.25) is 4.79 Å². The van der Waals surface area contributed by atoms with Gasteiger partial charge in [0.05, 0.1) is 0 Å². The fourth-order valence-corrected chi connectivity index (χ4v) is 2.01. The van der Waals surface area contributed by atoms with Gasteiger partial charge < -0.3 is 9.15 Å². The average molecular weight is 297 g/mol. The van der Waals surface area contributed by atoms with Gasteiger partial charge in [0.25, 0.3) is 0 Å². The van der Waals surface area contributed by atoms with Crippen molar-refractivity contribution in [1.82, 2.24) is 0 Å². The van der Waals surface area contributed by atoms with Crippen LogP contribution in [0.25, 0.3) is 11.0 Å². The summed E-state index contributed by atoms with van der Waals surface area (Å²) in [6.45, 7) is 1.33. The lowest BCUT2D eigenvalue weighted by atomic mass is 10.1. The molecule has 0 aliphatic carbocycles. The van der Waals surface area contributed by atoms with Gasteiger partial charge in [0.2, 0.25) is 0 Å². The lowest BCUT2D eigenvalue weighted by Gasteiger charge is -2.05. The van der Waals surface area contributed by atoms with E-state index in [4.69, 9.17) is 9.15 Å². The molecular formula is C12H9BrO4. The molecule has 1 aromatic carbocycles. The molecule has 0 bridgehead atoms. The zero-order valence-electron chi connectivity index (χ0n) is 9.03. The van der Waals surface area contributed by atoms with E-state index < -0.39 is 5.63 Å². The summed E-state index contributed by atoms with van der Waals surface area (Å²) >= 11 is 3.30. The van der Waals surface area contributed by atoms with Crippen LogP contribution in [0.5, 0.6) is 5.75 Å². The van der Waals surface area contributed by atoms with Gasteiger partial charge in [0, 0.05) is 23.7 Å². The summed E-state index contributed by atoms with van der Waals surface area (Å²) < 4.78 is 10.0. The largest absolute Gasteiger partial charge is 0.427 e. The van der Waals surface area contributed by atoms with E-state index in [0.717, 1.165) is 10.9 Å². The van der Waals surface area contributed by atoms with Gasteiger partial charge in [-0.25, -0.2) is 4.79 Å². The Morgan fingerprint density at radius 1 is 1.41 bits per heavy atom. The van der Waals surface area contributed by atoms with Crippen LogP contribution in [0.4, 0.5) is 0 Å². The van der Waals surface area contributed by atoms with Gasteiger partial charge in [0.1, 0.15) is 11.3 Å². The van der Waals surface area contributed by atoms with Crippen molar-refractivity contribution in [3.63, 3.8) is 0 Å². The number of carbonyl (C=O) groups is 1. The highest BCUT2D eigenvalue weighted by Gasteiger charge is 2.07. The van der Waals surface area contributed by atoms with Gasteiger partial charge in [0.15, 0.2) is 0 Å². The predicted molar refractivity (Wildman–Crippen MR) is 66.4 cm³/mol. The summed E-state index contributed by atoms with van der Waals surface area (Å²) in [6.07, 6.45) is 0. The number of fused-ring (bicyclic) bond motifs is 1. The molecule has 0 fully saturated rings. The van der Waals surface area contributed by atoms with Crippen LogP contribution in [0.15, 0.2) is 33.5 Å². The van der Waals surface area contributed by atoms with Crippen molar-refractivity contribution in [2.75, 3.05) is 0 Å². The molecule has 0 spiro atoms. The lowest BCUT2D eigenvalue weighted by Crippen LogP contribution is -2.02. The van der Waals surface area contributed by atoms with Crippen LogP contribution < -0.4 is 10.4 Å². The third-order valence-electron chi connectivity index (χ3n) is 2.21. The maximum atomic E-state index is 11.3. The van der Waals surface area contributed by atoms with E-state index in [1.54, 1.807) is 18.2 Å². The first-order chi connectivity index (χ1) is 8.10. The van der Waals surface area contributed by atoms with E-state index >= 15 is 0 Å². The van der Waals surface area contributed by atoms with Crippen LogP contribution in [-0.2, 0) is 10.1 Å². The molecule has 0 amide bonds.